The summed E-state index contributed by atoms with van der Waals surface area (Å²) >= 11 is 0. The second-order valence-electron chi connectivity index (χ2n) is 5.88. The molecule has 0 aliphatic rings. The third-order valence-electron chi connectivity index (χ3n) is 3.42. The minimum atomic E-state index is 0.313. The van der Waals surface area contributed by atoms with E-state index in [9.17, 15) is 0 Å². The van der Waals surface area contributed by atoms with Gasteiger partial charge >= 0.3 is 0 Å². The molecule has 0 amide bonds. The highest BCUT2D eigenvalue weighted by Gasteiger charge is 2.24. The molecule has 0 saturated carbocycles. The standard InChI is InChI=1S/C13H26N4/c1-10-15-12(17(5)16-10)7-6-11(8-9-14)13(2,3)4/h11H,6-9,14H2,1-5H3. The molecule has 98 valence electrons. The van der Waals surface area contributed by atoms with Gasteiger partial charge in [-0.2, -0.15) is 5.10 Å². The zero-order valence-electron chi connectivity index (χ0n) is 11.8. The fourth-order valence-corrected chi connectivity index (χ4v) is 2.29. The lowest BCUT2D eigenvalue weighted by molar-refractivity contribution is 0.213. The van der Waals surface area contributed by atoms with E-state index >= 15 is 0 Å². The quantitative estimate of drug-likeness (QED) is 0.854. The molecule has 4 nitrogen and oxygen atoms in total. The predicted molar refractivity (Wildman–Crippen MR) is 70.7 cm³/mol. The Morgan fingerprint density at radius 1 is 1.29 bits per heavy atom. The van der Waals surface area contributed by atoms with Crippen molar-refractivity contribution in [3.8, 4) is 0 Å². The largest absolute Gasteiger partial charge is 0.330 e. The van der Waals surface area contributed by atoms with Crippen molar-refractivity contribution in [3.63, 3.8) is 0 Å². The van der Waals surface area contributed by atoms with E-state index < -0.39 is 0 Å². The molecule has 1 aromatic heterocycles. The summed E-state index contributed by atoms with van der Waals surface area (Å²) in [5.41, 5.74) is 6.01. The Labute approximate surface area is 105 Å². The number of hydrogen-bond donors (Lipinski definition) is 1. The molecule has 0 radical (unpaired) electrons. The van der Waals surface area contributed by atoms with Crippen LogP contribution in [0.3, 0.4) is 0 Å². The number of hydrogen-bond acceptors (Lipinski definition) is 3. The average Bonchev–Trinajstić information content (AvgIpc) is 2.50. The van der Waals surface area contributed by atoms with Crippen LogP contribution in [0.2, 0.25) is 0 Å². The van der Waals surface area contributed by atoms with Crippen LogP contribution in [0.1, 0.15) is 45.3 Å². The van der Waals surface area contributed by atoms with Crippen molar-refractivity contribution < 1.29 is 0 Å². The van der Waals surface area contributed by atoms with Crippen molar-refractivity contribution in [1.29, 1.82) is 0 Å². The highest BCUT2D eigenvalue weighted by atomic mass is 15.3. The van der Waals surface area contributed by atoms with E-state index in [4.69, 9.17) is 5.73 Å². The molecule has 0 aliphatic heterocycles. The minimum Gasteiger partial charge on any atom is -0.330 e. The van der Waals surface area contributed by atoms with Crippen molar-refractivity contribution in [2.75, 3.05) is 6.54 Å². The van der Waals surface area contributed by atoms with E-state index in [0.29, 0.717) is 11.3 Å². The third kappa shape index (κ3) is 4.11. The first-order valence-corrected chi connectivity index (χ1v) is 6.41. The van der Waals surface area contributed by atoms with Gasteiger partial charge in [0.1, 0.15) is 11.6 Å². The fourth-order valence-electron chi connectivity index (χ4n) is 2.29. The fraction of sp³-hybridized carbons (Fsp3) is 0.846. The Hall–Kier alpha value is -0.900. The van der Waals surface area contributed by atoms with Gasteiger partial charge in [-0.05, 0) is 37.6 Å². The highest BCUT2D eigenvalue weighted by molar-refractivity contribution is 4.91. The van der Waals surface area contributed by atoms with Gasteiger partial charge in [-0.3, -0.25) is 4.68 Å². The topological polar surface area (TPSA) is 56.7 Å². The molecule has 17 heavy (non-hydrogen) atoms. The van der Waals surface area contributed by atoms with Crippen LogP contribution in [-0.4, -0.2) is 21.3 Å². The first-order chi connectivity index (χ1) is 7.84. The second-order valence-corrected chi connectivity index (χ2v) is 5.88. The van der Waals surface area contributed by atoms with Gasteiger partial charge in [-0.25, -0.2) is 4.98 Å². The van der Waals surface area contributed by atoms with E-state index in [1.807, 2.05) is 18.7 Å². The maximum absolute atomic E-state index is 5.70. The maximum atomic E-state index is 5.70. The number of aromatic nitrogens is 3. The van der Waals surface area contributed by atoms with Crippen molar-refractivity contribution in [2.24, 2.45) is 24.1 Å². The van der Waals surface area contributed by atoms with Gasteiger partial charge in [-0.15, -0.1) is 0 Å². The highest BCUT2D eigenvalue weighted by Crippen LogP contribution is 2.31. The van der Waals surface area contributed by atoms with Crippen LogP contribution >= 0.6 is 0 Å². The normalized spacial score (nSPS) is 14.0. The van der Waals surface area contributed by atoms with Crippen molar-refractivity contribution in [1.82, 2.24) is 14.8 Å². The van der Waals surface area contributed by atoms with E-state index in [2.05, 4.69) is 30.9 Å². The smallest absolute Gasteiger partial charge is 0.147 e. The molecule has 1 aromatic rings. The Kier molecular flexibility index (Phi) is 4.69. The van der Waals surface area contributed by atoms with Crippen molar-refractivity contribution in [3.05, 3.63) is 11.6 Å². The van der Waals surface area contributed by atoms with E-state index in [1.165, 1.54) is 0 Å². The Morgan fingerprint density at radius 2 is 1.94 bits per heavy atom. The van der Waals surface area contributed by atoms with Crippen LogP contribution < -0.4 is 5.73 Å². The summed E-state index contributed by atoms with van der Waals surface area (Å²) in [6, 6.07) is 0. The second kappa shape index (κ2) is 5.63. The van der Waals surface area contributed by atoms with Crippen LogP contribution in [0.5, 0.6) is 0 Å². The molecule has 0 aromatic carbocycles. The lowest BCUT2D eigenvalue weighted by Gasteiger charge is -2.30. The van der Waals surface area contributed by atoms with E-state index in [1.54, 1.807) is 0 Å². The van der Waals surface area contributed by atoms with Crippen molar-refractivity contribution >= 4 is 0 Å². The molecule has 1 heterocycles. The van der Waals surface area contributed by atoms with Crippen LogP contribution in [-0.2, 0) is 13.5 Å². The number of aryl methyl sites for hydroxylation is 3. The lowest BCUT2D eigenvalue weighted by atomic mass is 9.76. The monoisotopic (exact) mass is 238 g/mol. The summed E-state index contributed by atoms with van der Waals surface area (Å²) in [4.78, 5) is 4.44. The molecule has 0 fully saturated rings. The molecule has 4 heteroatoms. The van der Waals surface area contributed by atoms with Crippen LogP contribution in [0.25, 0.3) is 0 Å². The molecule has 1 atom stereocenters. The summed E-state index contributed by atoms with van der Waals surface area (Å²) in [5, 5.41) is 4.28. The Balaban J connectivity index is 2.61. The van der Waals surface area contributed by atoms with E-state index in [-0.39, 0.29) is 0 Å². The van der Waals surface area contributed by atoms with Crippen LogP contribution in [0.15, 0.2) is 0 Å². The first-order valence-electron chi connectivity index (χ1n) is 6.41. The summed E-state index contributed by atoms with van der Waals surface area (Å²) in [6.45, 7) is 9.56. The van der Waals surface area contributed by atoms with Gasteiger partial charge in [0.2, 0.25) is 0 Å². The van der Waals surface area contributed by atoms with Crippen molar-refractivity contribution in [2.45, 2.75) is 47.0 Å². The average molecular weight is 238 g/mol. The molecule has 0 spiro atoms. The molecule has 0 saturated heterocycles. The first kappa shape index (κ1) is 14.2. The molecule has 0 bridgehead atoms. The molecular formula is C13H26N4. The predicted octanol–water partition coefficient (Wildman–Crippen LogP) is 2.07. The van der Waals surface area contributed by atoms with Gasteiger partial charge in [0.25, 0.3) is 0 Å². The van der Waals surface area contributed by atoms with Gasteiger partial charge in [0.05, 0.1) is 0 Å². The van der Waals surface area contributed by atoms with Gasteiger partial charge in [-0.1, -0.05) is 20.8 Å². The van der Waals surface area contributed by atoms with Gasteiger partial charge < -0.3 is 5.73 Å². The maximum Gasteiger partial charge on any atom is 0.147 e. The Bertz CT molecular complexity index is 349. The minimum absolute atomic E-state index is 0.313. The zero-order valence-corrected chi connectivity index (χ0v) is 11.8. The van der Waals surface area contributed by atoms with Crippen LogP contribution in [0, 0.1) is 18.3 Å². The molecular weight excluding hydrogens is 212 g/mol. The van der Waals surface area contributed by atoms with Gasteiger partial charge in [0.15, 0.2) is 0 Å². The summed E-state index contributed by atoms with van der Waals surface area (Å²) in [5.74, 6) is 2.58. The third-order valence-corrected chi connectivity index (χ3v) is 3.42. The van der Waals surface area contributed by atoms with E-state index in [0.717, 1.165) is 37.5 Å². The summed E-state index contributed by atoms with van der Waals surface area (Å²) in [7, 11) is 1.96. The summed E-state index contributed by atoms with van der Waals surface area (Å²) < 4.78 is 1.89. The number of rotatable bonds is 5. The number of nitrogens with zero attached hydrogens (tertiary/aromatic N) is 3. The molecule has 1 unspecified atom stereocenters. The lowest BCUT2D eigenvalue weighted by Crippen LogP contribution is -2.24. The summed E-state index contributed by atoms with van der Waals surface area (Å²) in [6.07, 6.45) is 3.20. The SMILES string of the molecule is Cc1nc(CCC(CCN)C(C)(C)C)n(C)n1. The molecule has 0 aliphatic carbocycles. The van der Waals surface area contributed by atoms with Gasteiger partial charge in [0, 0.05) is 13.5 Å². The molecule has 2 N–H and O–H groups in total. The number of nitrogens with two attached hydrogens (primary N) is 1. The Morgan fingerprint density at radius 3 is 2.35 bits per heavy atom. The zero-order chi connectivity index (χ0) is 13.1. The van der Waals surface area contributed by atoms with Crippen LogP contribution in [0.4, 0.5) is 0 Å². The molecule has 1 rings (SSSR count).